The summed E-state index contributed by atoms with van der Waals surface area (Å²) in [4.78, 5) is 13.1. The van der Waals surface area contributed by atoms with Gasteiger partial charge in [0.1, 0.15) is 11.8 Å². The van der Waals surface area contributed by atoms with Gasteiger partial charge >= 0.3 is 6.61 Å². The van der Waals surface area contributed by atoms with Gasteiger partial charge in [0.05, 0.1) is 25.6 Å². The van der Waals surface area contributed by atoms with Crippen LogP contribution in [0.4, 0.5) is 14.5 Å². The van der Waals surface area contributed by atoms with E-state index in [1.54, 1.807) is 36.6 Å². The molecule has 10 heteroatoms. The first-order valence-corrected chi connectivity index (χ1v) is 10.4. The number of ether oxygens (including phenoxy) is 2. The van der Waals surface area contributed by atoms with Gasteiger partial charge < -0.3 is 19.2 Å². The van der Waals surface area contributed by atoms with E-state index in [-0.39, 0.29) is 24.0 Å². The van der Waals surface area contributed by atoms with E-state index in [0.29, 0.717) is 22.9 Å². The van der Waals surface area contributed by atoms with Crippen molar-refractivity contribution in [2.45, 2.75) is 19.1 Å². The Kier molecular flexibility index (Phi) is 6.79. The van der Waals surface area contributed by atoms with Crippen LogP contribution in [-0.4, -0.2) is 36.9 Å². The Labute approximate surface area is 193 Å². The molecule has 0 spiro atoms. The number of nitrogens with zero attached hydrogens (tertiary/aromatic N) is 2. The largest absolute Gasteiger partial charge is 0.493 e. The van der Waals surface area contributed by atoms with Crippen LogP contribution in [0.2, 0.25) is 5.02 Å². The smallest absolute Gasteiger partial charge is 0.387 e. The van der Waals surface area contributed by atoms with Gasteiger partial charge in [0.15, 0.2) is 11.5 Å². The van der Waals surface area contributed by atoms with Crippen molar-refractivity contribution >= 4 is 28.9 Å². The number of hydrogen-bond acceptors (Lipinski definition) is 6. The van der Waals surface area contributed by atoms with Crippen LogP contribution in [0.25, 0.3) is 0 Å². The number of hydrazone groups is 1. The second-order valence-electron chi connectivity index (χ2n) is 7.12. The monoisotopic (exact) mass is 475 g/mol. The average Bonchev–Trinajstić information content (AvgIpc) is 3.48. The Hall–Kier alpha value is -3.59. The second kappa shape index (κ2) is 9.91. The molecule has 0 unspecified atom stereocenters. The molecule has 4 rings (SSSR count). The molecule has 7 nitrogen and oxygen atoms in total. The van der Waals surface area contributed by atoms with Gasteiger partial charge in [0, 0.05) is 23.2 Å². The molecular weight excluding hydrogens is 456 g/mol. The number of methoxy groups -OCH3 is 1. The summed E-state index contributed by atoms with van der Waals surface area (Å²) in [6.07, 6.45) is 2.01. The van der Waals surface area contributed by atoms with Crippen molar-refractivity contribution in [3.63, 3.8) is 0 Å². The molecule has 0 bridgehead atoms. The number of hydrogen-bond donors (Lipinski definition) is 1. The molecule has 172 valence electrons. The Morgan fingerprint density at radius 2 is 2.03 bits per heavy atom. The maximum atomic E-state index is 13.1. The van der Waals surface area contributed by atoms with Crippen molar-refractivity contribution in [1.82, 2.24) is 5.01 Å². The molecule has 2 aromatic carbocycles. The quantitative estimate of drug-likeness (QED) is 0.476. The number of anilines is 1. The third-order valence-corrected chi connectivity index (χ3v) is 5.29. The van der Waals surface area contributed by atoms with Crippen LogP contribution in [0.5, 0.6) is 11.5 Å². The fourth-order valence-corrected chi connectivity index (χ4v) is 3.62. The van der Waals surface area contributed by atoms with Gasteiger partial charge in [-0.3, -0.25) is 4.79 Å². The molecule has 1 aliphatic heterocycles. The number of carbonyl (C=O) groups is 1. The Morgan fingerprint density at radius 3 is 2.70 bits per heavy atom. The fraction of sp³-hybridized carbons (Fsp3) is 0.217. The molecule has 0 radical (unpaired) electrons. The molecule has 3 aromatic rings. The topological polar surface area (TPSA) is 76.3 Å². The highest BCUT2D eigenvalue weighted by atomic mass is 35.5. The summed E-state index contributed by atoms with van der Waals surface area (Å²) >= 11 is 5.98. The number of benzene rings is 2. The minimum atomic E-state index is -3.00. The highest BCUT2D eigenvalue weighted by molar-refractivity contribution is 6.30. The van der Waals surface area contributed by atoms with E-state index >= 15 is 0 Å². The number of alkyl halides is 2. The van der Waals surface area contributed by atoms with Crippen molar-refractivity contribution in [2.24, 2.45) is 5.10 Å². The van der Waals surface area contributed by atoms with Gasteiger partial charge in [0.2, 0.25) is 0 Å². The fourth-order valence-electron chi connectivity index (χ4n) is 3.49. The Balaban J connectivity index is 1.52. The highest BCUT2D eigenvalue weighted by Gasteiger charge is 2.34. The normalized spacial score (nSPS) is 15.5. The number of halogens is 3. The van der Waals surface area contributed by atoms with Crippen LogP contribution in [0.15, 0.2) is 70.4 Å². The van der Waals surface area contributed by atoms with Gasteiger partial charge in [-0.25, -0.2) is 5.01 Å². The molecule has 0 aliphatic carbocycles. The zero-order valence-corrected chi connectivity index (χ0v) is 18.3. The first kappa shape index (κ1) is 22.6. The van der Waals surface area contributed by atoms with Crippen LogP contribution >= 0.6 is 11.6 Å². The van der Waals surface area contributed by atoms with Crippen LogP contribution in [0.1, 0.15) is 23.8 Å². The third-order valence-electron chi connectivity index (χ3n) is 5.04. The first-order valence-electron chi connectivity index (χ1n) is 10.00. The lowest BCUT2D eigenvalue weighted by Crippen LogP contribution is -2.32. The predicted octanol–water partition coefficient (Wildman–Crippen LogP) is 5.33. The van der Waals surface area contributed by atoms with Gasteiger partial charge in [-0.15, -0.1) is 0 Å². The maximum absolute atomic E-state index is 13.1. The minimum Gasteiger partial charge on any atom is -0.493 e. The standard InChI is InChI=1S/C23H20ClF2N3O4/c1-31-20-9-8-16(11-21(20)33-23(25)26)27-13-22(30)29-18(19-3-2-10-32-19)12-17(28-29)14-4-6-15(24)7-5-14/h2-11,18,23,27H,12-13H2,1H3/t18-/m1/s1. The lowest BCUT2D eigenvalue weighted by molar-refractivity contribution is -0.131. The van der Waals surface area contributed by atoms with E-state index in [4.69, 9.17) is 20.8 Å². The summed E-state index contributed by atoms with van der Waals surface area (Å²) in [6, 6.07) is 14.7. The molecule has 1 atom stereocenters. The van der Waals surface area contributed by atoms with E-state index in [9.17, 15) is 13.6 Å². The summed E-state index contributed by atoms with van der Waals surface area (Å²) < 4.78 is 40.4. The van der Waals surface area contributed by atoms with Crippen LogP contribution < -0.4 is 14.8 Å². The summed E-state index contributed by atoms with van der Waals surface area (Å²) in [6.45, 7) is -3.13. The van der Waals surface area contributed by atoms with Crippen molar-refractivity contribution in [3.8, 4) is 11.5 Å². The molecule has 0 saturated heterocycles. The molecule has 33 heavy (non-hydrogen) atoms. The van der Waals surface area contributed by atoms with Crippen molar-refractivity contribution in [1.29, 1.82) is 0 Å². The molecule has 1 aromatic heterocycles. The average molecular weight is 476 g/mol. The lowest BCUT2D eigenvalue weighted by Gasteiger charge is -2.20. The molecular formula is C23H20ClF2N3O4. The zero-order valence-electron chi connectivity index (χ0n) is 17.5. The van der Waals surface area contributed by atoms with Gasteiger partial charge in [-0.05, 0) is 42.0 Å². The first-order chi connectivity index (χ1) is 15.9. The minimum absolute atomic E-state index is 0.130. The third kappa shape index (κ3) is 5.25. The van der Waals surface area contributed by atoms with Gasteiger partial charge in [0.25, 0.3) is 5.91 Å². The highest BCUT2D eigenvalue weighted by Crippen LogP contribution is 2.34. The number of rotatable bonds is 8. The van der Waals surface area contributed by atoms with Crippen molar-refractivity contribution in [3.05, 3.63) is 77.2 Å². The second-order valence-corrected chi connectivity index (χ2v) is 7.56. The van der Waals surface area contributed by atoms with Gasteiger partial charge in [-0.1, -0.05) is 23.7 Å². The van der Waals surface area contributed by atoms with E-state index in [2.05, 4.69) is 15.2 Å². The number of amides is 1. The molecule has 1 aliphatic rings. The number of furan rings is 1. The summed E-state index contributed by atoms with van der Waals surface area (Å²) in [7, 11) is 1.35. The van der Waals surface area contributed by atoms with Gasteiger partial charge in [-0.2, -0.15) is 13.9 Å². The number of nitrogens with one attached hydrogen (secondary N) is 1. The summed E-state index contributed by atoms with van der Waals surface area (Å²) in [5.41, 5.74) is 1.98. The molecule has 2 heterocycles. The van der Waals surface area contributed by atoms with Crippen molar-refractivity contribution in [2.75, 3.05) is 19.0 Å². The maximum Gasteiger partial charge on any atom is 0.387 e. The van der Waals surface area contributed by atoms with E-state index in [1.165, 1.54) is 24.3 Å². The van der Waals surface area contributed by atoms with E-state index < -0.39 is 12.7 Å². The van der Waals surface area contributed by atoms with Crippen molar-refractivity contribution < 1.29 is 27.5 Å². The Bertz CT molecular complexity index is 1140. The number of carbonyl (C=O) groups excluding carboxylic acids is 1. The molecule has 1 N–H and O–H groups in total. The van der Waals surface area contributed by atoms with Crippen LogP contribution in [-0.2, 0) is 4.79 Å². The molecule has 0 fully saturated rings. The predicted molar refractivity (Wildman–Crippen MR) is 119 cm³/mol. The summed E-state index contributed by atoms with van der Waals surface area (Å²) in [5.74, 6) is 0.296. The van der Waals surface area contributed by atoms with Crippen LogP contribution in [0.3, 0.4) is 0 Å². The molecule has 0 saturated carbocycles. The lowest BCUT2D eigenvalue weighted by atomic mass is 10.0. The van der Waals surface area contributed by atoms with Crippen LogP contribution in [0, 0.1) is 0 Å². The SMILES string of the molecule is COc1ccc(NCC(=O)N2N=C(c3ccc(Cl)cc3)C[C@@H]2c2ccco2)cc1OC(F)F. The zero-order chi connectivity index (χ0) is 23.4. The molecule has 1 amide bonds. The summed E-state index contributed by atoms with van der Waals surface area (Å²) in [5, 5.41) is 9.43. The van der Waals surface area contributed by atoms with E-state index in [0.717, 1.165) is 11.3 Å². The Morgan fingerprint density at radius 1 is 1.24 bits per heavy atom. The van der Waals surface area contributed by atoms with E-state index in [1.807, 2.05) is 12.1 Å².